The first-order valence-corrected chi connectivity index (χ1v) is 6.70. The van der Waals surface area contributed by atoms with Gasteiger partial charge in [-0.15, -0.1) is 0 Å². The fraction of sp³-hybridized carbons (Fsp3) is 0.538. The number of likely N-dealkylation sites (tertiary alicyclic amines) is 1. The summed E-state index contributed by atoms with van der Waals surface area (Å²) in [5.41, 5.74) is -1.45. The maximum atomic E-state index is 12.6. The molecule has 1 heterocycles. The zero-order chi connectivity index (χ0) is 15.5. The fourth-order valence-corrected chi connectivity index (χ4v) is 2.36. The maximum absolute atomic E-state index is 12.6. The first kappa shape index (κ1) is 15.6. The van der Waals surface area contributed by atoms with Crippen molar-refractivity contribution in [1.29, 1.82) is 0 Å². The van der Waals surface area contributed by atoms with Crippen LogP contribution in [-0.4, -0.2) is 36.0 Å². The predicted molar refractivity (Wildman–Crippen MR) is 72.3 cm³/mol. The second kappa shape index (κ2) is 6.30. The molecule has 0 atom stereocenters. The number of nitrogens with one attached hydrogen (secondary N) is 1. The number of nitrogens with zero attached hydrogens (tertiary/aromatic N) is 2. The lowest BCUT2D eigenvalue weighted by Crippen LogP contribution is -2.26. The first-order valence-electron chi connectivity index (χ1n) is 6.70. The van der Waals surface area contributed by atoms with Gasteiger partial charge in [0.05, 0.1) is 10.5 Å². The van der Waals surface area contributed by atoms with E-state index in [0.717, 1.165) is 44.6 Å². The highest BCUT2D eigenvalue weighted by Gasteiger charge is 2.33. The predicted octanol–water partition coefficient (Wildman–Crippen LogP) is 3.12. The number of alkyl halides is 3. The van der Waals surface area contributed by atoms with E-state index in [1.54, 1.807) is 0 Å². The van der Waals surface area contributed by atoms with Crippen molar-refractivity contribution in [1.82, 2.24) is 4.90 Å². The maximum Gasteiger partial charge on any atom is 0.416 e. The number of anilines is 1. The number of rotatable bonds is 5. The molecule has 0 bridgehead atoms. The lowest BCUT2D eigenvalue weighted by molar-refractivity contribution is -0.384. The highest BCUT2D eigenvalue weighted by molar-refractivity contribution is 5.62. The molecule has 1 aliphatic rings. The Hall–Kier alpha value is -1.83. The molecule has 0 spiro atoms. The fourth-order valence-electron chi connectivity index (χ4n) is 2.36. The summed E-state index contributed by atoms with van der Waals surface area (Å²) in [6, 6.07) is 2.54. The summed E-state index contributed by atoms with van der Waals surface area (Å²) in [5.74, 6) is 0. The van der Waals surface area contributed by atoms with Crippen molar-refractivity contribution < 1.29 is 18.1 Å². The van der Waals surface area contributed by atoms with E-state index in [9.17, 15) is 23.3 Å². The summed E-state index contributed by atoms with van der Waals surface area (Å²) in [7, 11) is 0. The van der Waals surface area contributed by atoms with Crippen molar-refractivity contribution in [2.45, 2.75) is 19.0 Å². The molecule has 0 unspecified atom stereocenters. The van der Waals surface area contributed by atoms with E-state index in [0.29, 0.717) is 12.6 Å². The van der Waals surface area contributed by atoms with Crippen molar-refractivity contribution in [3.05, 3.63) is 33.9 Å². The summed E-state index contributed by atoms with van der Waals surface area (Å²) in [5, 5.41) is 13.8. The smallest absolute Gasteiger partial charge is 0.378 e. The van der Waals surface area contributed by atoms with Gasteiger partial charge in [0.2, 0.25) is 0 Å². The number of nitro benzene ring substituents is 1. The van der Waals surface area contributed by atoms with Crippen LogP contribution in [0, 0.1) is 10.1 Å². The van der Waals surface area contributed by atoms with Gasteiger partial charge in [0.25, 0.3) is 5.69 Å². The third-order valence-electron chi connectivity index (χ3n) is 3.46. The Labute approximate surface area is 119 Å². The molecule has 0 aromatic heterocycles. The summed E-state index contributed by atoms with van der Waals surface area (Å²) < 4.78 is 37.7. The Kier molecular flexibility index (Phi) is 4.66. The minimum atomic E-state index is -4.58. The molecule has 116 valence electrons. The molecule has 1 saturated heterocycles. The van der Waals surface area contributed by atoms with E-state index < -0.39 is 22.4 Å². The average Bonchev–Trinajstić information content (AvgIpc) is 2.90. The van der Waals surface area contributed by atoms with Crippen LogP contribution in [0.2, 0.25) is 0 Å². The quantitative estimate of drug-likeness (QED) is 0.670. The Balaban J connectivity index is 2.05. The van der Waals surface area contributed by atoms with Gasteiger partial charge in [-0.2, -0.15) is 13.2 Å². The van der Waals surface area contributed by atoms with Crippen LogP contribution in [0.3, 0.4) is 0 Å². The van der Waals surface area contributed by atoms with Gasteiger partial charge in [-0.05, 0) is 38.1 Å². The largest absolute Gasteiger partial charge is 0.416 e. The van der Waals surface area contributed by atoms with Crippen LogP contribution in [0.15, 0.2) is 18.2 Å². The van der Waals surface area contributed by atoms with E-state index in [2.05, 4.69) is 10.2 Å². The third-order valence-corrected chi connectivity index (χ3v) is 3.46. The van der Waals surface area contributed by atoms with Crippen LogP contribution >= 0.6 is 0 Å². The van der Waals surface area contributed by atoms with Gasteiger partial charge < -0.3 is 10.2 Å². The molecular formula is C13H16F3N3O2. The molecular weight excluding hydrogens is 287 g/mol. The topological polar surface area (TPSA) is 58.4 Å². The van der Waals surface area contributed by atoms with E-state index in [-0.39, 0.29) is 5.69 Å². The minimum absolute atomic E-state index is 0.118. The third kappa shape index (κ3) is 4.07. The summed E-state index contributed by atoms with van der Waals surface area (Å²) in [6.07, 6.45) is -2.31. The Morgan fingerprint density at radius 1 is 1.29 bits per heavy atom. The second-order valence-electron chi connectivity index (χ2n) is 4.96. The van der Waals surface area contributed by atoms with Crippen LogP contribution in [0.5, 0.6) is 0 Å². The van der Waals surface area contributed by atoms with Crippen LogP contribution in [0.25, 0.3) is 0 Å². The van der Waals surface area contributed by atoms with Gasteiger partial charge in [0, 0.05) is 19.2 Å². The van der Waals surface area contributed by atoms with Gasteiger partial charge in [-0.3, -0.25) is 10.1 Å². The van der Waals surface area contributed by atoms with Crippen molar-refractivity contribution in [2.75, 3.05) is 31.5 Å². The van der Waals surface area contributed by atoms with Gasteiger partial charge >= 0.3 is 6.18 Å². The molecule has 0 aliphatic carbocycles. The van der Waals surface area contributed by atoms with Crippen LogP contribution < -0.4 is 5.32 Å². The van der Waals surface area contributed by atoms with E-state index in [1.165, 1.54) is 0 Å². The first-order chi connectivity index (χ1) is 9.88. The molecule has 2 rings (SSSR count). The summed E-state index contributed by atoms with van der Waals surface area (Å²) >= 11 is 0. The van der Waals surface area contributed by atoms with Crippen molar-refractivity contribution >= 4 is 11.4 Å². The van der Waals surface area contributed by atoms with E-state index in [1.807, 2.05) is 0 Å². The van der Waals surface area contributed by atoms with Gasteiger partial charge in [0.15, 0.2) is 0 Å². The molecule has 1 aromatic carbocycles. The molecule has 1 aliphatic heterocycles. The number of hydrogen-bond donors (Lipinski definition) is 1. The Morgan fingerprint density at radius 2 is 1.95 bits per heavy atom. The normalized spacial score (nSPS) is 16.1. The van der Waals surface area contributed by atoms with Crippen molar-refractivity contribution in [3.63, 3.8) is 0 Å². The number of halogens is 3. The molecule has 1 aromatic rings. The highest BCUT2D eigenvalue weighted by atomic mass is 19.4. The Morgan fingerprint density at radius 3 is 2.52 bits per heavy atom. The standard InChI is InChI=1S/C13H16F3N3O2/c14-13(15,16)10-3-4-11(12(9-10)19(20)21)17-5-8-18-6-1-2-7-18/h3-4,9,17H,1-2,5-8H2. The lowest BCUT2D eigenvalue weighted by Gasteiger charge is -2.15. The van der Waals surface area contributed by atoms with Gasteiger partial charge in [0.1, 0.15) is 5.69 Å². The molecule has 21 heavy (non-hydrogen) atoms. The zero-order valence-electron chi connectivity index (χ0n) is 11.3. The lowest BCUT2D eigenvalue weighted by atomic mass is 10.1. The summed E-state index contributed by atoms with van der Waals surface area (Å²) in [4.78, 5) is 12.3. The molecule has 1 N–H and O–H groups in total. The monoisotopic (exact) mass is 303 g/mol. The number of hydrogen-bond acceptors (Lipinski definition) is 4. The van der Waals surface area contributed by atoms with E-state index in [4.69, 9.17) is 0 Å². The minimum Gasteiger partial charge on any atom is -0.378 e. The second-order valence-corrected chi connectivity index (χ2v) is 4.96. The average molecular weight is 303 g/mol. The molecule has 8 heteroatoms. The van der Waals surface area contributed by atoms with Gasteiger partial charge in [-0.25, -0.2) is 0 Å². The molecule has 5 nitrogen and oxygen atoms in total. The molecule has 0 amide bonds. The summed E-state index contributed by atoms with van der Waals surface area (Å²) in [6.45, 7) is 3.18. The molecule has 1 fully saturated rings. The zero-order valence-corrected chi connectivity index (χ0v) is 11.3. The van der Waals surface area contributed by atoms with Crippen LogP contribution in [0.1, 0.15) is 18.4 Å². The van der Waals surface area contributed by atoms with E-state index >= 15 is 0 Å². The highest BCUT2D eigenvalue weighted by Crippen LogP contribution is 2.34. The van der Waals surface area contributed by atoms with Crippen LogP contribution in [-0.2, 0) is 6.18 Å². The van der Waals surface area contributed by atoms with Gasteiger partial charge in [-0.1, -0.05) is 0 Å². The van der Waals surface area contributed by atoms with Crippen molar-refractivity contribution in [3.8, 4) is 0 Å². The molecule has 0 radical (unpaired) electrons. The Bertz CT molecular complexity index is 514. The van der Waals surface area contributed by atoms with Crippen LogP contribution in [0.4, 0.5) is 24.5 Å². The SMILES string of the molecule is O=[N+]([O-])c1cc(C(F)(F)F)ccc1NCCN1CCCC1. The number of benzene rings is 1. The van der Waals surface area contributed by atoms with Crippen molar-refractivity contribution in [2.24, 2.45) is 0 Å². The number of nitro groups is 1. The molecule has 0 saturated carbocycles.